The second-order valence-corrected chi connectivity index (χ2v) is 1.98. The quantitative estimate of drug-likeness (QED) is 0.562. The van der Waals surface area contributed by atoms with E-state index in [-0.39, 0.29) is 30.9 Å². The minimum atomic E-state index is -0.0266. The summed E-state index contributed by atoms with van der Waals surface area (Å²) in [6.07, 6.45) is 1.83. The average molecular weight is 174 g/mol. The van der Waals surface area contributed by atoms with E-state index in [0.717, 1.165) is 25.9 Å². The van der Waals surface area contributed by atoms with Crippen molar-refractivity contribution in [3.63, 3.8) is 0 Å². The molecule has 0 amide bonds. The Bertz CT molecular complexity index is 56.9. The molecule has 0 spiro atoms. The molecule has 58 valence electrons. The van der Waals surface area contributed by atoms with Crippen LogP contribution >= 0.6 is 24.8 Å². The highest BCUT2D eigenvalue weighted by molar-refractivity contribution is 5.85. The van der Waals surface area contributed by atoms with Gasteiger partial charge < -0.3 is 10.4 Å². The fourth-order valence-corrected chi connectivity index (χ4v) is 0.807. The maximum absolute atomic E-state index is 8.87. The Morgan fingerprint density at radius 2 is 1.56 bits per heavy atom. The molecule has 0 aliphatic carbocycles. The molecule has 1 aliphatic heterocycles. The van der Waals surface area contributed by atoms with Crippen molar-refractivity contribution in [3.8, 4) is 0 Å². The van der Waals surface area contributed by atoms with Gasteiger partial charge in [0, 0.05) is 0 Å². The van der Waals surface area contributed by atoms with E-state index in [4.69, 9.17) is 5.11 Å². The van der Waals surface area contributed by atoms with Gasteiger partial charge in [0.05, 0.1) is 6.10 Å². The summed E-state index contributed by atoms with van der Waals surface area (Å²) in [6, 6.07) is 0. The highest BCUT2D eigenvalue weighted by Gasteiger charge is 2.06. The second-order valence-electron chi connectivity index (χ2n) is 1.98. The Morgan fingerprint density at radius 1 is 1.11 bits per heavy atom. The first kappa shape index (κ1) is 12.2. The monoisotopic (exact) mass is 173 g/mol. The molecule has 1 rings (SSSR count). The van der Waals surface area contributed by atoms with E-state index < -0.39 is 0 Å². The largest absolute Gasteiger partial charge is 0.393 e. The van der Waals surface area contributed by atoms with E-state index in [9.17, 15) is 0 Å². The maximum Gasteiger partial charge on any atom is 0.0564 e. The average Bonchev–Trinajstić information content (AvgIpc) is 1.69. The van der Waals surface area contributed by atoms with Crippen molar-refractivity contribution < 1.29 is 5.11 Å². The predicted octanol–water partition coefficient (Wildman–Crippen LogP) is 0.574. The molecular weight excluding hydrogens is 161 g/mol. The molecular formula is C5H13Cl2NO. The van der Waals surface area contributed by atoms with Gasteiger partial charge in [-0.25, -0.2) is 0 Å². The molecule has 1 saturated heterocycles. The van der Waals surface area contributed by atoms with Crippen LogP contribution in [0.2, 0.25) is 0 Å². The van der Waals surface area contributed by atoms with Gasteiger partial charge in [-0.05, 0) is 25.9 Å². The van der Waals surface area contributed by atoms with Crippen LogP contribution in [0.1, 0.15) is 12.8 Å². The summed E-state index contributed by atoms with van der Waals surface area (Å²) < 4.78 is 0. The van der Waals surface area contributed by atoms with E-state index in [1.54, 1.807) is 0 Å². The number of aliphatic hydroxyl groups is 1. The van der Waals surface area contributed by atoms with Gasteiger partial charge in [0.2, 0.25) is 0 Å². The van der Waals surface area contributed by atoms with Crippen molar-refractivity contribution in [2.24, 2.45) is 0 Å². The number of rotatable bonds is 0. The standard InChI is InChI=1S/C5H11NO.2ClH/c7-5-1-3-6-4-2-5;;/h5-7H,1-4H2;2*1H. The van der Waals surface area contributed by atoms with Crippen LogP contribution < -0.4 is 5.32 Å². The van der Waals surface area contributed by atoms with Crippen LogP contribution in [0, 0.1) is 0 Å². The summed E-state index contributed by atoms with van der Waals surface area (Å²) in [5.74, 6) is 0. The SMILES string of the molecule is Cl.Cl.OC1CCNCC1. The predicted molar refractivity (Wildman–Crippen MR) is 42.6 cm³/mol. The van der Waals surface area contributed by atoms with E-state index >= 15 is 0 Å². The minimum absolute atomic E-state index is 0. The van der Waals surface area contributed by atoms with Gasteiger partial charge in [-0.1, -0.05) is 0 Å². The van der Waals surface area contributed by atoms with Gasteiger partial charge >= 0.3 is 0 Å². The van der Waals surface area contributed by atoms with Crippen molar-refractivity contribution in [2.45, 2.75) is 18.9 Å². The molecule has 2 N–H and O–H groups in total. The van der Waals surface area contributed by atoms with Gasteiger partial charge in [0.15, 0.2) is 0 Å². The number of halogens is 2. The Labute approximate surface area is 67.8 Å². The summed E-state index contributed by atoms with van der Waals surface area (Å²) in [4.78, 5) is 0. The van der Waals surface area contributed by atoms with Crippen LogP contribution in [0.5, 0.6) is 0 Å². The molecule has 0 saturated carbocycles. The van der Waals surface area contributed by atoms with Crippen LogP contribution in [-0.4, -0.2) is 24.3 Å². The Kier molecular flexibility index (Phi) is 8.97. The first-order chi connectivity index (χ1) is 3.39. The summed E-state index contributed by atoms with van der Waals surface area (Å²) in [7, 11) is 0. The fraction of sp³-hybridized carbons (Fsp3) is 1.00. The topological polar surface area (TPSA) is 32.3 Å². The third-order valence-corrected chi connectivity index (χ3v) is 1.31. The van der Waals surface area contributed by atoms with Gasteiger partial charge in [-0.3, -0.25) is 0 Å². The number of hydrogen-bond acceptors (Lipinski definition) is 2. The number of piperidine rings is 1. The molecule has 0 bridgehead atoms. The molecule has 0 unspecified atom stereocenters. The summed E-state index contributed by atoms with van der Waals surface area (Å²) in [5, 5.41) is 12.0. The second kappa shape index (κ2) is 6.62. The van der Waals surface area contributed by atoms with Crippen molar-refractivity contribution >= 4 is 24.8 Å². The summed E-state index contributed by atoms with van der Waals surface area (Å²) in [6.45, 7) is 1.97. The van der Waals surface area contributed by atoms with Gasteiger partial charge in [0.1, 0.15) is 0 Å². The van der Waals surface area contributed by atoms with Crippen LogP contribution in [0.4, 0.5) is 0 Å². The highest BCUT2D eigenvalue weighted by Crippen LogP contribution is 1.99. The summed E-state index contributed by atoms with van der Waals surface area (Å²) >= 11 is 0. The number of aliphatic hydroxyl groups excluding tert-OH is 1. The molecule has 4 heteroatoms. The summed E-state index contributed by atoms with van der Waals surface area (Å²) in [5.41, 5.74) is 0. The lowest BCUT2D eigenvalue weighted by Crippen LogP contribution is -2.30. The van der Waals surface area contributed by atoms with Crippen molar-refractivity contribution in [2.75, 3.05) is 13.1 Å². The molecule has 0 aromatic heterocycles. The molecule has 1 heterocycles. The highest BCUT2D eigenvalue weighted by atomic mass is 35.5. The van der Waals surface area contributed by atoms with E-state index in [1.165, 1.54) is 0 Å². The zero-order chi connectivity index (χ0) is 5.11. The molecule has 0 atom stereocenters. The van der Waals surface area contributed by atoms with Gasteiger partial charge in [0.25, 0.3) is 0 Å². The molecule has 9 heavy (non-hydrogen) atoms. The zero-order valence-corrected chi connectivity index (χ0v) is 6.80. The van der Waals surface area contributed by atoms with Crippen LogP contribution in [0.3, 0.4) is 0 Å². The molecule has 1 aliphatic rings. The van der Waals surface area contributed by atoms with Crippen LogP contribution in [-0.2, 0) is 0 Å². The number of nitrogens with one attached hydrogen (secondary N) is 1. The third-order valence-electron chi connectivity index (χ3n) is 1.31. The fourth-order valence-electron chi connectivity index (χ4n) is 0.807. The lowest BCUT2D eigenvalue weighted by atomic mass is 10.1. The van der Waals surface area contributed by atoms with Crippen molar-refractivity contribution in [1.29, 1.82) is 0 Å². The molecule has 0 aromatic rings. The lowest BCUT2D eigenvalue weighted by Gasteiger charge is -2.16. The third kappa shape index (κ3) is 4.97. The zero-order valence-electron chi connectivity index (χ0n) is 5.17. The Balaban J connectivity index is 0. The van der Waals surface area contributed by atoms with Crippen molar-refractivity contribution in [3.05, 3.63) is 0 Å². The van der Waals surface area contributed by atoms with Crippen molar-refractivity contribution in [1.82, 2.24) is 5.32 Å². The molecule has 2 nitrogen and oxygen atoms in total. The van der Waals surface area contributed by atoms with Crippen LogP contribution in [0.25, 0.3) is 0 Å². The van der Waals surface area contributed by atoms with E-state index in [0.29, 0.717) is 0 Å². The first-order valence-electron chi connectivity index (χ1n) is 2.78. The van der Waals surface area contributed by atoms with Crippen LogP contribution in [0.15, 0.2) is 0 Å². The van der Waals surface area contributed by atoms with E-state index in [2.05, 4.69) is 5.32 Å². The van der Waals surface area contributed by atoms with E-state index in [1.807, 2.05) is 0 Å². The normalized spacial score (nSPS) is 19.7. The Morgan fingerprint density at radius 3 is 1.78 bits per heavy atom. The van der Waals surface area contributed by atoms with Gasteiger partial charge in [-0.15, -0.1) is 24.8 Å². The molecule has 1 fully saturated rings. The number of hydrogen-bond donors (Lipinski definition) is 2. The Hall–Kier alpha value is 0.500. The minimum Gasteiger partial charge on any atom is -0.393 e. The first-order valence-corrected chi connectivity index (χ1v) is 2.78. The molecule has 0 aromatic carbocycles. The van der Waals surface area contributed by atoms with Gasteiger partial charge in [-0.2, -0.15) is 0 Å². The smallest absolute Gasteiger partial charge is 0.0564 e. The lowest BCUT2D eigenvalue weighted by molar-refractivity contribution is 0.137. The maximum atomic E-state index is 8.87. The molecule has 0 radical (unpaired) electrons.